The van der Waals surface area contributed by atoms with E-state index in [0.29, 0.717) is 5.13 Å². The Labute approximate surface area is 131 Å². The molecule has 3 aromatic rings. The first-order chi connectivity index (χ1) is 10.7. The van der Waals surface area contributed by atoms with Crippen LogP contribution in [0.4, 0.5) is 5.13 Å². The highest BCUT2D eigenvalue weighted by Gasteiger charge is 2.17. The van der Waals surface area contributed by atoms with Crippen LogP contribution < -0.4 is 11.1 Å². The average molecular weight is 310 g/mol. The van der Waals surface area contributed by atoms with Crippen molar-refractivity contribution in [3.05, 3.63) is 65.8 Å². The van der Waals surface area contributed by atoms with Gasteiger partial charge in [-0.05, 0) is 17.7 Å². The van der Waals surface area contributed by atoms with Crippen molar-refractivity contribution in [2.75, 3.05) is 5.32 Å². The summed E-state index contributed by atoms with van der Waals surface area (Å²) in [5, 5.41) is 5.18. The van der Waals surface area contributed by atoms with E-state index in [2.05, 4.69) is 15.3 Å². The number of rotatable bonds is 4. The van der Waals surface area contributed by atoms with Crippen molar-refractivity contribution in [3.63, 3.8) is 0 Å². The van der Waals surface area contributed by atoms with Crippen LogP contribution in [0.3, 0.4) is 0 Å². The number of anilines is 1. The molecule has 2 heterocycles. The fourth-order valence-electron chi connectivity index (χ4n) is 1.98. The summed E-state index contributed by atoms with van der Waals surface area (Å²) < 4.78 is 0. The van der Waals surface area contributed by atoms with Crippen molar-refractivity contribution in [3.8, 4) is 11.3 Å². The van der Waals surface area contributed by atoms with E-state index in [1.54, 1.807) is 12.4 Å². The molecule has 0 saturated carbocycles. The van der Waals surface area contributed by atoms with Gasteiger partial charge in [0.1, 0.15) is 6.04 Å². The molecular formula is C16H14N4OS. The lowest BCUT2D eigenvalue weighted by Gasteiger charge is -2.10. The molecule has 2 aromatic heterocycles. The number of hydrogen-bond donors (Lipinski definition) is 2. The highest BCUT2D eigenvalue weighted by molar-refractivity contribution is 7.14. The first-order valence-corrected chi connectivity index (χ1v) is 7.59. The molecule has 0 aliphatic carbocycles. The van der Waals surface area contributed by atoms with Crippen LogP contribution in [0.25, 0.3) is 11.3 Å². The number of carbonyl (C=O) groups is 1. The normalized spacial score (nSPS) is 11.9. The molecule has 6 heteroatoms. The van der Waals surface area contributed by atoms with E-state index in [0.717, 1.165) is 16.8 Å². The number of thiazole rings is 1. The molecule has 0 bridgehead atoms. The van der Waals surface area contributed by atoms with E-state index in [4.69, 9.17) is 5.73 Å². The second-order valence-corrected chi connectivity index (χ2v) is 5.51. The first-order valence-electron chi connectivity index (χ1n) is 6.71. The summed E-state index contributed by atoms with van der Waals surface area (Å²) in [5.74, 6) is -0.276. The molecule has 3 N–H and O–H groups in total. The van der Waals surface area contributed by atoms with Crippen LogP contribution in [-0.2, 0) is 4.79 Å². The van der Waals surface area contributed by atoms with E-state index in [9.17, 15) is 4.79 Å². The maximum Gasteiger partial charge on any atom is 0.247 e. The second kappa shape index (κ2) is 6.46. The van der Waals surface area contributed by atoms with Crippen LogP contribution in [0.15, 0.2) is 60.2 Å². The summed E-state index contributed by atoms with van der Waals surface area (Å²) in [6.45, 7) is 0. The van der Waals surface area contributed by atoms with Gasteiger partial charge >= 0.3 is 0 Å². The predicted octanol–water partition coefficient (Wildman–Crippen LogP) is 2.84. The number of amides is 1. The number of nitrogens with two attached hydrogens (primary N) is 1. The van der Waals surface area contributed by atoms with Gasteiger partial charge in [0, 0.05) is 23.3 Å². The van der Waals surface area contributed by atoms with Gasteiger partial charge < -0.3 is 11.1 Å². The second-order valence-electron chi connectivity index (χ2n) is 4.65. The van der Waals surface area contributed by atoms with Gasteiger partial charge in [-0.15, -0.1) is 11.3 Å². The Morgan fingerprint density at radius 2 is 1.86 bits per heavy atom. The number of pyridine rings is 1. The van der Waals surface area contributed by atoms with E-state index in [1.165, 1.54) is 11.3 Å². The van der Waals surface area contributed by atoms with Crippen LogP contribution in [0.2, 0.25) is 0 Å². The fraction of sp³-hybridized carbons (Fsp3) is 0.0625. The quantitative estimate of drug-likeness (QED) is 0.776. The molecule has 0 aliphatic rings. The molecule has 0 aliphatic heterocycles. The number of benzene rings is 1. The van der Waals surface area contributed by atoms with Gasteiger partial charge in [-0.25, -0.2) is 4.98 Å². The van der Waals surface area contributed by atoms with Crippen molar-refractivity contribution in [2.24, 2.45) is 5.73 Å². The van der Waals surface area contributed by atoms with Gasteiger partial charge in [0.05, 0.1) is 5.69 Å². The Hall–Kier alpha value is -2.57. The van der Waals surface area contributed by atoms with Crippen molar-refractivity contribution in [1.29, 1.82) is 0 Å². The predicted molar refractivity (Wildman–Crippen MR) is 87.3 cm³/mol. The minimum Gasteiger partial charge on any atom is -0.316 e. The summed E-state index contributed by atoms with van der Waals surface area (Å²) in [6, 6.07) is 12.3. The number of carbonyl (C=O) groups excluding carboxylic acids is 1. The Morgan fingerprint density at radius 1 is 1.14 bits per heavy atom. The topological polar surface area (TPSA) is 80.9 Å². The molecule has 110 valence electrons. The van der Waals surface area contributed by atoms with Crippen molar-refractivity contribution >= 4 is 22.4 Å². The molecule has 5 nitrogen and oxygen atoms in total. The zero-order valence-corrected chi connectivity index (χ0v) is 12.5. The zero-order chi connectivity index (χ0) is 15.4. The van der Waals surface area contributed by atoms with Gasteiger partial charge in [-0.2, -0.15) is 0 Å². The van der Waals surface area contributed by atoms with Crippen LogP contribution in [0.5, 0.6) is 0 Å². The summed E-state index contributed by atoms with van der Waals surface area (Å²) in [7, 11) is 0. The maximum atomic E-state index is 12.2. The van der Waals surface area contributed by atoms with Crippen LogP contribution in [0.1, 0.15) is 11.6 Å². The third kappa shape index (κ3) is 3.19. The standard InChI is InChI=1S/C16H14N4OS/c17-14(12-4-2-1-3-5-12)15(21)20-16-19-13(10-22-16)11-6-8-18-9-7-11/h1-10,14H,17H2,(H,19,20,21)/t14-/m1/s1. The molecule has 0 radical (unpaired) electrons. The lowest BCUT2D eigenvalue weighted by Crippen LogP contribution is -2.27. The van der Waals surface area contributed by atoms with Gasteiger partial charge in [-0.1, -0.05) is 30.3 Å². The van der Waals surface area contributed by atoms with Crippen LogP contribution >= 0.6 is 11.3 Å². The molecule has 0 spiro atoms. The van der Waals surface area contributed by atoms with Crippen molar-refractivity contribution in [2.45, 2.75) is 6.04 Å². The minimum absolute atomic E-state index is 0.276. The Balaban J connectivity index is 1.71. The summed E-state index contributed by atoms with van der Waals surface area (Å²) in [5.41, 5.74) is 8.49. The van der Waals surface area contributed by atoms with E-state index < -0.39 is 6.04 Å². The SMILES string of the molecule is N[C@@H](C(=O)Nc1nc(-c2ccncc2)cs1)c1ccccc1. The molecule has 3 rings (SSSR count). The molecule has 1 atom stereocenters. The van der Waals surface area contributed by atoms with Gasteiger partial charge in [-0.3, -0.25) is 9.78 Å². The number of nitrogens with zero attached hydrogens (tertiary/aromatic N) is 2. The highest BCUT2D eigenvalue weighted by Crippen LogP contribution is 2.25. The lowest BCUT2D eigenvalue weighted by atomic mass is 10.1. The molecule has 0 saturated heterocycles. The third-order valence-electron chi connectivity index (χ3n) is 3.15. The van der Waals surface area contributed by atoms with Gasteiger partial charge in [0.15, 0.2) is 5.13 Å². The third-order valence-corrected chi connectivity index (χ3v) is 3.91. The molecule has 1 amide bonds. The molecule has 22 heavy (non-hydrogen) atoms. The zero-order valence-electron chi connectivity index (χ0n) is 11.6. The summed E-state index contributed by atoms with van der Waals surface area (Å²) in [6.07, 6.45) is 3.41. The highest BCUT2D eigenvalue weighted by atomic mass is 32.1. The maximum absolute atomic E-state index is 12.2. The molecule has 1 aromatic carbocycles. The Bertz CT molecular complexity index is 758. The van der Waals surface area contributed by atoms with Crippen LogP contribution in [-0.4, -0.2) is 15.9 Å². The monoisotopic (exact) mass is 310 g/mol. The van der Waals surface area contributed by atoms with E-state index in [1.807, 2.05) is 47.8 Å². The number of aromatic nitrogens is 2. The smallest absolute Gasteiger partial charge is 0.247 e. The van der Waals surface area contributed by atoms with Crippen molar-refractivity contribution < 1.29 is 4.79 Å². The molecule has 0 fully saturated rings. The summed E-state index contributed by atoms with van der Waals surface area (Å²) in [4.78, 5) is 20.6. The first kappa shape index (κ1) is 14.4. The molecular weight excluding hydrogens is 296 g/mol. The van der Waals surface area contributed by atoms with Crippen molar-refractivity contribution in [1.82, 2.24) is 9.97 Å². The lowest BCUT2D eigenvalue weighted by molar-refractivity contribution is -0.117. The minimum atomic E-state index is -0.713. The van der Waals surface area contributed by atoms with Crippen LogP contribution in [0, 0.1) is 0 Å². The van der Waals surface area contributed by atoms with Gasteiger partial charge in [0.2, 0.25) is 5.91 Å². The van der Waals surface area contributed by atoms with E-state index in [-0.39, 0.29) is 5.91 Å². The number of nitrogens with one attached hydrogen (secondary N) is 1. The molecule has 0 unspecified atom stereocenters. The Morgan fingerprint density at radius 3 is 2.59 bits per heavy atom. The summed E-state index contributed by atoms with van der Waals surface area (Å²) >= 11 is 1.37. The average Bonchev–Trinajstić information content (AvgIpc) is 3.04. The van der Waals surface area contributed by atoms with E-state index >= 15 is 0 Å². The fourth-order valence-corrected chi connectivity index (χ4v) is 2.70. The largest absolute Gasteiger partial charge is 0.316 e. The number of hydrogen-bond acceptors (Lipinski definition) is 5. The Kier molecular flexibility index (Phi) is 4.22. The van der Waals surface area contributed by atoms with Gasteiger partial charge in [0.25, 0.3) is 0 Å².